The van der Waals surface area contributed by atoms with Gasteiger partial charge in [-0.25, -0.2) is 4.39 Å². The van der Waals surface area contributed by atoms with E-state index in [-0.39, 0.29) is 11.6 Å². The van der Waals surface area contributed by atoms with Crippen LogP contribution in [0.3, 0.4) is 0 Å². The molecule has 0 atom stereocenters. The van der Waals surface area contributed by atoms with Gasteiger partial charge in [-0.15, -0.1) is 10.2 Å². The summed E-state index contributed by atoms with van der Waals surface area (Å²) in [5.74, 6) is 0.964. The topological polar surface area (TPSA) is 94.6 Å². The van der Waals surface area contributed by atoms with Gasteiger partial charge in [0.25, 0.3) is 5.91 Å². The molecule has 0 saturated heterocycles. The molecule has 150 valence electrons. The Bertz CT molecular complexity index is 987. The fourth-order valence-corrected chi connectivity index (χ4v) is 2.58. The van der Waals surface area contributed by atoms with E-state index in [9.17, 15) is 9.18 Å². The van der Waals surface area contributed by atoms with Crippen LogP contribution >= 0.6 is 0 Å². The minimum atomic E-state index is -0.426. The monoisotopic (exact) mass is 398 g/mol. The molecule has 3 rings (SSSR count). The average molecular weight is 398 g/mol. The minimum absolute atomic E-state index is 0.244. The van der Waals surface area contributed by atoms with Crippen molar-refractivity contribution in [3.63, 3.8) is 0 Å². The van der Waals surface area contributed by atoms with Crippen molar-refractivity contribution >= 4 is 23.2 Å². The fourth-order valence-electron chi connectivity index (χ4n) is 2.58. The largest absolute Gasteiger partial charge is 0.493 e. The van der Waals surface area contributed by atoms with Crippen molar-refractivity contribution in [2.45, 2.75) is 0 Å². The Morgan fingerprint density at radius 3 is 2.10 bits per heavy atom. The van der Waals surface area contributed by atoms with Crippen molar-refractivity contribution in [3.8, 4) is 17.2 Å². The molecule has 0 aliphatic carbocycles. The predicted molar refractivity (Wildman–Crippen MR) is 106 cm³/mol. The van der Waals surface area contributed by atoms with Crippen LogP contribution in [0.25, 0.3) is 0 Å². The quantitative estimate of drug-likeness (QED) is 0.627. The summed E-state index contributed by atoms with van der Waals surface area (Å²) >= 11 is 0. The summed E-state index contributed by atoms with van der Waals surface area (Å²) < 4.78 is 29.0. The Kier molecular flexibility index (Phi) is 6.08. The molecule has 2 N–H and O–H groups in total. The van der Waals surface area contributed by atoms with Gasteiger partial charge in [0.1, 0.15) is 5.82 Å². The molecule has 0 fully saturated rings. The van der Waals surface area contributed by atoms with Gasteiger partial charge in [-0.05, 0) is 42.5 Å². The molecule has 8 nitrogen and oxygen atoms in total. The zero-order valence-electron chi connectivity index (χ0n) is 16.0. The molecule has 0 bridgehead atoms. The third-order valence-electron chi connectivity index (χ3n) is 3.93. The second-order valence-electron chi connectivity index (χ2n) is 5.81. The van der Waals surface area contributed by atoms with Gasteiger partial charge < -0.3 is 24.8 Å². The number of halogens is 1. The zero-order valence-corrected chi connectivity index (χ0v) is 16.0. The molecular weight excluding hydrogens is 379 g/mol. The van der Waals surface area contributed by atoms with Gasteiger partial charge >= 0.3 is 0 Å². The van der Waals surface area contributed by atoms with Crippen LogP contribution in [-0.2, 0) is 0 Å². The second-order valence-corrected chi connectivity index (χ2v) is 5.81. The number of anilines is 3. The maximum absolute atomic E-state index is 13.2. The highest BCUT2D eigenvalue weighted by Crippen LogP contribution is 2.38. The first-order chi connectivity index (χ1) is 14.0. The molecule has 1 aromatic heterocycles. The van der Waals surface area contributed by atoms with Crippen molar-refractivity contribution in [2.24, 2.45) is 0 Å². The lowest BCUT2D eigenvalue weighted by atomic mass is 10.1. The van der Waals surface area contributed by atoms with Crippen LogP contribution < -0.4 is 24.8 Å². The summed E-state index contributed by atoms with van der Waals surface area (Å²) in [6.45, 7) is 0. The maximum atomic E-state index is 13.2. The molecule has 2 aromatic carbocycles. The molecule has 1 heterocycles. The standard InChI is InChI=1S/C20H19FN4O4/c1-27-15-9-12(10-16(28-2)19(15)29-3)20(26)23-18-8-7-17(24-25-18)22-14-6-4-5-13(21)11-14/h4-11H,1-3H3,(H,22,24)(H,23,25,26). The predicted octanol–water partition coefficient (Wildman–Crippen LogP) is 3.64. The average Bonchev–Trinajstić information content (AvgIpc) is 2.74. The van der Waals surface area contributed by atoms with Crippen molar-refractivity contribution in [1.29, 1.82) is 0 Å². The van der Waals surface area contributed by atoms with E-state index in [1.54, 1.807) is 24.3 Å². The van der Waals surface area contributed by atoms with Gasteiger partial charge in [0.15, 0.2) is 23.1 Å². The normalized spacial score (nSPS) is 10.2. The molecule has 3 aromatic rings. The lowest BCUT2D eigenvalue weighted by Gasteiger charge is -2.14. The van der Waals surface area contributed by atoms with E-state index in [0.29, 0.717) is 34.3 Å². The Morgan fingerprint density at radius 1 is 0.897 bits per heavy atom. The minimum Gasteiger partial charge on any atom is -0.493 e. The number of nitrogens with one attached hydrogen (secondary N) is 2. The van der Waals surface area contributed by atoms with Crippen LogP contribution in [0, 0.1) is 5.82 Å². The highest BCUT2D eigenvalue weighted by atomic mass is 19.1. The lowest BCUT2D eigenvalue weighted by Crippen LogP contribution is -2.14. The van der Waals surface area contributed by atoms with E-state index in [1.165, 1.54) is 45.6 Å². The fraction of sp³-hybridized carbons (Fsp3) is 0.150. The van der Waals surface area contributed by atoms with E-state index in [2.05, 4.69) is 20.8 Å². The summed E-state index contributed by atoms with van der Waals surface area (Å²) in [4.78, 5) is 12.6. The van der Waals surface area contributed by atoms with Crippen LogP contribution in [0.5, 0.6) is 17.2 Å². The van der Waals surface area contributed by atoms with Crippen molar-refractivity contribution in [1.82, 2.24) is 10.2 Å². The Balaban J connectivity index is 1.74. The van der Waals surface area contributed by atoms with Crippen LogP contribution in [0.15, 0.2) is 48.5 Å². The van der Waals surface area contributed by atoms with Crippen LogP contribution in [-0.4, -0.2) is 37.4 Å². The first kappa shape index (κ1) is 19.9. The molecule has 0 saturated carbocycles. The molecule has 0 spiro atoms. The van der Waals surface area contributed by atoms with Crippen molar-refractivity contribution in [2.75, 3.05) is 32.0 Å². The third kappa shape index (κ3) is 4.70. The Morgan fingerprint density at radius 2 is 1.55 bits per heavy atom. The van der Waals surface area contributed by atoms with E-state index >= 15 is 0 Å². The Hall–Kier alpha value is -3.88. The van der Waals surface area contributed by atoms with E-state index < -0.39 is 5.91 Å². The van der Waals surface area contributed by atoms with E-state index in [4.69, 9.17) is 14.2 Å². The Labute approximate surface area is 166 Å². The molecule has 0 aliphatic rings. The van der Waals surface area contributed by atoms with Crippen molar-refractivity contribution in [3.05, 3.63) is 59.9 Å². The van der Waals surface area contributed by atoms with Crippen LogP contribution in [0.1, 0.15) is 10.4 Å². The highest BCUT2D eigenvalue weighted by Gasteiger charge is 2.17. The number of ether oxygens (including phenoxy) is 3. The summed E-state index contributed by atoms with van der Waals surface area (Å²) in [5.41, 5.74) is 0.830. The molecule has 0 aliphatic heterocycles. The SMILES string of the molecule is COc1cc(C(=O)Nc2ccc(Nc3cccc(F)c3)nn2)cc(OC)c1OC. The number of nitrogens with zero attached hydrogens (tertiary/aromatic N) is 2. The van der Waals surface area contributed by atoms with E-state index in [1.807, 2.05) is 0 Å². The summed E-state index contributed by atoms with van der Waals surface area (Å²) in [5, 5.41) is 13.5. The molecule has 29 heavy (non-hydrogen) atoms. The summed E-state index contributed by atoms with van der Waals surface area (Å²) in [7, 11) is 4.42. The third-order valence-corrected chi connectivity index (χ3v) is 3.93. The number of hydrogen-bond acceptors (Lipinski definition) is 7. The number of amides is 1. The first-order valence-electron chi connectivity index (χ1n) is 8.51. The van der Waals surface area contributed by atoms with Gasteiger partial charge in [0.05, 0.1) is 21.3 Å². The van der Waals surface area contributed by atoms with Crippen molar-refractivity contribution < 1.29 is 23.4 Å². The number of aromatic nitrogens is 2. The zero-order chi connectivity index (χ0) is 20.8. The van der Waals surface area contributed by atoms with Gasteiger partial charge in [-0.2, -0.15) is 0 Å². The molecule has 1 amide bonds. The number of rotatable bonds is 7. The lowest BCUT2D eigenvalue weighted by molar-refractivity contribution is 0.102. The van der Waals surface area contributed by atoms with Gasteiger partial charge in [-0.3, -0.25) is 4.79 Å². The number of carbonyl (C=O) groups is 1. The number of benzene rings is 2. The summed E-state index contributed by atoms with van der Waals surface area (Å²) in [6, 6.07) is 12.2. The van der Waals surface area contributed by atoms with Crippen LogP contribution in [0.2, 0.25) is 0 Å². The first-order valence-corrected chi connectivity index (χ1v) is 8.51. The van der Waals surface area contributed by atoms with Gasteiger partial charge in [0, 0.05) is 11.3 Å². The van der Waals surface area contributed by atoms with Crippen LogP contribution in [0.4, 0.5) is 21.7 Å². The molecule has 0 radical (unpaired) electrons. The highest BCUT2D eigenvalue weighted by molar-refractivity contribution is 6.04. The molecule has 9 heteroatoms. The summed E-state index contributed by atoms with van der Waals surface area (Å²) in [6.07, 6.45) is 0. The molecular formula is C20H19FN4O4. The number of carbonyl (C=O) groups excluding carboxylic acids is 1. The van der Waals surface area contributed by atoms with Gasteiger partial charge in [-0.1, -0.05) is 6.07 Å². The second kappa shape index (κ2) is 8.87. The van der Waals surface area contributed by atoms with E-state index in [0.717, 1.165) is 0 Å². The number of hydrogen-bond donors (Lipinski definition) is 2. The van der Waals surface area contributed by atoms with Gasteiger partial charge in [0.2, 0.25) is 5.75 Å². The smallest absolute Gasteiger partial charge is 0.257 e. The molecule has 0 unspecified atom stereocenters. The maximum Gasteiger partial charge on any atom is 0.257 e. The number of methoxy groups -OCH3 is 3.